The fourth-order valence-electron chi connectivity index (χ4n) is 3.06. The summed E-state index contributed by atoms with van der Waals surface area (Å²) in [4.78, 5) is 4.63. The number of benzene rings is 1. The molecule has 4 nitrogen and oxygen atoms in total. The van der Waals surface area contributed by atoms with Gasteiger partial charge >= 0.3 is 0 Å². The summed E-state index contributed by atoms with van der Waals surface area (Å²) in [5.74, 6) is 1.39. The van der Waals surface area contributed by atoms with E-state index in [0.717, 1.165) is 37.9 Å². The monoisotopic (exact) mass is 285 g/mol. The van der Waals surface area contributed by atoms with Gasteiger partial charge in [0.15, 0.2) is 5.82 Å². The quantitative estimate of drug-likeness (QED) is 0.878. The zero-order chi connectivity index (χ0) is 14.7. The first-order valence-corrected chi connectivity index (χ1v) is 7.91. The van der Waals surface area contributed by atoms with Crippen LogP contribution < -0.4 is 5.73 Å². The molecule has 0 bridgehead atoms. The van der Waals surface area contributed by atoms with E-state index >= 15 is 0 Å². The highest BCUT2D eigenvalue weighted by molar-refractivity contribution is 5.35. The molecule has 1 aliphatic rings. The van der Waals surface area contributed by atoms with E-state index in [4.69, 9.17) is 10.3 Å². The van der Waals surface area contributed by atoms with E-state index < -0.39 is 0 Å². The average Bonchev–Trinajstić information content (AvgIpc) is 2.95. The van der Waals surface area contributed by atoms with Gasteiger partial charge in [0.25, 0.3) is 0 Å². The Morgan fingerprint density at radius 2 is 2.05 bits per heavy atom. The van der Waals surface area contributed by atoms with Crippen LogP contribution in [0.1, 0.15) is 68.8 Å². The van der Waals surface area contributed by atoms with Crippen molar-refractivity contribution in [2.75, 3.05) is 0 Å². The Hall–Kier alpha value is -1.68. The highest BCUT2D eigenvalue weighted by atomic mass is 16.5. The third-order valence-electron chi connectivity index (χ3n) is 4.59. The Morgan fingerprint density at radius 1 is 1.29 bits per heavy atom. The summed E-state index contributed by atoms with van der Waals surface area (Å²) in [6, 6.07) is 10.4. The van der Waals surface area contributed by atoms with Gasteiger partial charge in [-0.15, -0.1) is 0 Å². The molecule has 0 amide bonds. The number of nitrogens with zero attached hydrogens (tertiary/aromatic N) is 2. The number of unbranched alkanes of at least 4 members (excludes halogenated alkanes) is 1. The van der Waals surface area contributed by atoms with Crippen molar-refractivity contribution in [2.45, 2.75) is 56.9 Å². The van der Waals surface area contributed by atoms with E-state index in [1.165, 1.54) is 12.0 Å². The van der Waals surface area contributed by atoms with Gasteiger partial charge in [-0.05, 0) is 24.8 Å². The van der Waals surface area contributed by atoms with E-state index in [1.807, 2.05) is 6.07 Å². The fourth-order valence-corrected chi connectivity index (χ4v) is 3.06. The predicted octanol–water partition coefficient (Wildman–Crippen LogP) is 3.73. The second-order valence-electron chi connectivity index (χ2n) is 6.01. The standard InChI is InChI=1S/C17H23N3O/c1-2-3-10-14(18)15-19-16(20-21-15)17(11-7-12-17)13-8-5-4-6-9-13/h4-6,8-9,14H,2-3,7,10-12,18H2,1H3. The van der Waals surface area contributed by atoms with Gasteiger partial charge in [0, 0.05) is 0 Å². The molecule has 0 spiro atoms. The van der Waals surface area contributed by atoms with Crippen LogP contribution in [-0.4, -0.2) is 10.1 Å². The van der Waals surface area contributed by atoms with Crippen molar-refractivity contribution in [1.82, 2.24) is 10.1 Å². The minimum atomic E-state index is -0.140. The summed E-state index contributed by atoms with van der Waals surface area (Å²) in [6.07, 6.45) is 6.49. The molecule has 21 heavy (non-hydrogen) atoms. The molecule has 4 heteroatoms. The molecule has 1 aromatic carbocycles. The van der Waals surface area contributed by atoms with Crippen molar-refractivity contribution in [2.24, 2.45) is 5.73 Å². The van der Waals surface area contributed by atoms with Gasteiger partial charge in [-0.3, -0.25) is 0 Å². The maximum atomic E-state index is 6.14. The van der Waals surface area contributed by atoms with Gasteiger partial charge in [0.2, 0.25) is 5.89 Å². The van der Waals surface area contributed by atoms with Crippen molar-refractivity contribution < 1.29 is 4.52 Å². The summed E-state index contributed by atoms with van der Waals surface area (Å²) in [6.45, 7) is 2.16. The summed E-state index contributed by atoms with van der Waals surface area (Å²) in [7, 11) is 0. The van der Waals surface area contributed by atoms with E-state index in [2.05, 4.69) is 41.3 Å². The minimum Gasteiger partial charge on any atom is -0.338 e. The van der Waals surface area contributed by atoms with Gasteiger partial charge in [0.1, 0.15) is 0 Å². The zero-order valence-corrected chi connectivity index (χ0v) is 12.6. The van der Waals surface area contributed by atoms with E-state index in [0.29, 0.717) is 5.89 Å². The van der Waals surface area contributed by atoms with Crippen molar-refractivity contribution >= 4 is 0 Å². The lowest BCUT2D eigenvalue weighted by atomic mass is 9.64. The molecule has 2 aromatic rings. The topological polar surface area (TPSA) is 64.9 Å². The molecular formula is C17H23N3O. The number of nitrogens with two attached hydrogens (primary N) is 1. The first kappa shape index (κ1) is 14.3. The van der Waals surface area contributed by atoms with Crippen molar-refractivity contribution in [3.63, 3.8) is 0 Å². The molecule has 1 aromatic heterocycles. The molecule has 1 heterocycles. The molecule has 112 valence electrons. The molecule has 1 saturated carbocycles. The molecule has 1 fully saturated rings. The lowest BCUT2D eigenvalue weighted by molar-refractivity contribution is 0.269. The van der Waals surface area contributed by atoms with Gasteiger partial charge in [-0.1, -0.05) is 61.7 Å². The summed E-state index contributed by atoms with van der Waals surface area (Å²) < 4.78 is 5.44. The smallest absolute Gasteiger partial charge is 0.243 e. The van der Waals surface area contributed by atoms with E-state index in [9.17, 15) is 0 Å². The molecule has 1 unspecified atom stereocenters. The molecule has 0 radical (unpaired) electrons. The van der Waals surface area contributed by atoms with Crippen LogP contribution in [0.2, 0.25) is 0 Å². The normalized spacial score (nSPS) is 18.2. The largest absolute Gasteiger partial charge is 0.338 e. The summed E-state index contributed by atoms with van der Waals surface area (Å²) in [5.41, 5.74) is 7.36. The van der Waals surface area contributed by atoms with Crippen LogP contribution >= 0.6 is 0 Å². The lowest BCUT2D eigenvalue weighted by Gasteiger charge is -2.39. The Balaban J connectivity index is 1.84. The van der Waals surface area contributed by atoms with Gasteiger partial charge in [-0.2, -0.15) is 4.98 Å². The van der Waals surface area contributed by atoms with Crippen LogP contribution in [-0.2, 0) is 5.41 Å². The minimum absolute atomic E-state index is 0.0620. The Kier molecular flexibility index (Phi) is 4.06. The third kappa shape index (κ3) is 2.60. The highest BCUT2D eigenvalue weighted by Gasteiger charge is 2.44. The van der Waals surface area contributed by atoms with E-state index in [-0.39, 0.29) is 11.5 Å². The van der Waals surface area contributed by atoms with Gasteiger partial charge in [-0.25, -0.2) is 0 Å². The maximum absolute atomic E-state index is 6.14. The molecule has 2 N–H and O–H groups in total. The van der Waals surface area contributed by atoms with Crippen LogP contribution in [0.4, 0.5) is 0 Å². The van der Waals surface area contributed by atoms with Gasteiger partial charge < -0.3 is 10.3 Å². The van der Waals surface area contributed by atoms with E-state index in [1.54, 1.807) is 0 Å². The number of aromatic nitrogens is 2. The van der Waals surface area contributed by atoms with Crippen molar-refractivity contribution in [3.05, 3.63) is 47.6 Å². The molecule has 0 saturated heterocycles. The molecule has 1 atom stereocenters. The van der Waals surface area contributed by atoms with Crippen molar-refractivity contribution in [3.8, 4) is 0 Å². The fraction of sp³-hybridized carbons (Fsp3) is 0.529. The average molecular weight is 285 g/mol. The maximum Gasteiger partial charge on any atom is 0.243 e. The Morgan fingerprint density at radius 3 is 2.67 bits per heavy atom. The number of hydrogen-bond acceptors (Lipinski definition) is 4. The molecular weight excluding hydrogens is 262 g/mol. The predicted molar refractivity (Wildman–Crippen MR) is 81.8 cm³/mol. The second kappa shape index (κ2) is 5.98. The van der Waals surface area contributed by atoms with Crippen LogP contribution in [0, 0.1) is 0 Å². The second-order valence-corrected chi connectivity index (χ2v) is 6.01. The van der Waals surface area contributed by atoms with Gasteiger partial charge in [0.05, 0.1) is 11.5 Å². The van der Waals surface area contributed by atoms with Crippen LogP contribution in [0.15, 0.2) is 34.9 Å². The van der Waals surface area contributed by atoms with Crippen molar-refractivity contribution in [1.29, 1.82) is 0 Å². The molecule has 0 aliphatic heterocycles. The Bertz CT molecular complexity index is 575. The first-order chi connectivity index (χ1) is 10.3. The summed E-state index contributed by atoms with van der Waals surface area (Å²) >= 11 is 0. The molecule has 1 aliphatic carbocycles. The first-order valence-electron chi connectivity index (χ1n) is 7.91. The zero-order valence-electron chi connectivity index (χ0n) is 12.6. The summed E-state index contributed by atoms with van der Waals surface area (Å²) in [5, 5.41) is 4.25. The SMILES string of the molecule is CCCCC(N)c1nc(C2(c3ccccc3)CCC2)no1. The van der Waals surface area contributed by atoms with Crippen LogP contribution in [0.25, 0.3) is 0 Å². The van der Waals surface area contributed by atoms with Crippen LogP contribution in [0.3, 0.4) is 0 Å². The van der Waals surface area contributed by atoms with Crippen LogP contribution in [0.5, 0.6) is 0 Å². The third-order valence-corrected chi connectivity index (χ3v) is 4.59. The highest BCUT2D eigenvalue weighted by Crippen LogP contribution is 2.47. The number of hydrogen-bond donors (Lipinski definition) is 1. The lowest BCUT2D eigenvalue weighted by Crippen LogP contribution is -2.36. The number of rotatable bonds is 6. The Labute approximate surface area is 125 Å². The molecule has 3 rings (SSSR count).